The molecular weight excluding hydrogens is 182 g/mol. The Morgan fingerprint density at radius 1 is 1.57 bits per heavy atom. The molecule has 0 amide bonds. The van der Waals surface area contributed by atoms with E-state index in [0.29, 0.717) is 24.7 Å². The van der Waals surface area contributed by atoms with Gasteiger partial charge in [0.15, 0.2) is 5.82 Å². The first-order valence-electron chi connectivity index (χ1n) is 4.98. The van der Waals surface area contributed by atoms with Crippen LogP contribution in [0.1, 0.15) is 36.9 Å². The van der Waals surface area contributed by atoms with Crippen molar-refractivity contribution in [2.24, 2.45) is 5.73 Å². The lowest BCUT2D eigenvalue weighted by molar-refractivity contribution is 0.256. The number of aliphatic hydroxyl groups excluding tert-OH is 1. The van der Waals surface area contributed by atoms with Crippen molar-refractivity contribution in [2.45, 2.75) is 37.6 Å². The van der Waals surface area contributed by atoms with Crippen LogP contribution >= 0.6 is 0 Å². The number of nitrogens with two attached hydrogens (primary N) is 1. The van der Waals surface area contributed by atoms with Gasteiger partial charge in [-0.15, -0.1) is 0 Å². The smallest absolute Gasteiger partial charge is 0.226 e. The molecule has 1 saturated carbocycles. The van der Waals surface area contributed by atoms with Gasteiger partial charge in [0, 0.05) is 18.4 Å². The normalized spacial score (nSPS) is 18.4. The van der Waals surface area contributed by atoms with Crippen molar-refractivity contribution in [1.82, 2.24) is 10.1 Å². The van der Waals surface area contributed by atoms with Gasteiger partial charge in [0.1, 0.15) is 0 Å². The zero-order chi connectivity index (χ0) is 9.97. The number of hydrogen-bond donors (Lipinski definition) is 2. The molecule has 0 aliphatic heterocycles. The third-order valence-corrected chi connectivity index (χ3v) is 2.39. The molecule has 0 spiro atoms. The topological polar surface area (TPSA) is 85.2 Å². The summed E-state index contributed by atoms with van der Waals surface area (Å²) in [5.74, 6) is 1.99. The van der Waals surface area contributed by atoms with Crippen LogP contribution in [-0.4, -0.2) is 27.9 Å². The molecule has 0 radical (unpaired) electrons. The Kier molecular flexibility index (Phi) is 2.79. The number of aliphatic hydroxyl groups is 1. The van der Waals surface area contributed by atoms with Gasteiger partial charge in [0.2, 0.25) is 5.89 Å². The van der Waals surface area contributed by atoms with Gasteiger partial charge in [-0.1, -0.05) is 5.16 Å². The number of nitrogens with zero attached hydrogens (tertiary/aromatic N) is 2. The number of aryl methyl sites for hydroxylation is 1. The molecule has 5 heteroatoms. The SMILES string of the molecule is N[C@H](CO)CCc1nc(C2CC2)no1. The molecular formula is C9H15N3O2. The zero-order valence-electron chi connectivity index (χ0n) is 8.02. The quantitative estimate of drug-likeness (QED) is 0.704. The van der Waals surface area contributed by atoms with E-state index in [2.05, 4.69) is 10.1 Å². The fourth-order valence-corrected chi connectivity index (χ4v) is 1.28. The Bertz CT molecular complexity index is 296. The van der Waals surface area contributed by atoms with E-state index in [9.17, 15) is 0 Å². The molecule has 2 rings (SSSR count). The summed E-state index contributed by atoms with van der Waals surface area (Å²) < 4.78 is 5.06. The average molecular weight is 197 g/mol. The lowest BCUT2D eigenvalue weighted by Crippen LogP contribution is -2.24. The van der Waals surface area contributed by atoms with Crippen LogP contribution in [0.3, 0.4) is 0 Å². The van der Waals surface area contributed by atoms with Gasteiger partial charge in [-0.25, -0.2) is 0 Å². The van der Waals surface area contributed by atoms with E-state index in [-0.39, 0.29) is 12.6 Å². The summed E-state index contributed by atoms with van der Waals surface area (Å²) in [6, 6.07) is -0.189. The summed E-state index contributed by atoms with van der Waals surface area (Å²) in [7, 11) is 0. The highest BCUT2D eigenvalue weighted by Gasteiger charge is 2.28. The van der Waals surface area contributed by atoms with Gasteiger partial charge >= 0.3 is 0 Å². The van der Waals surface area contributed by atoms with E-state index in [4.69, 9.17) is 15.4 Å². The van der Waals surface area contributed by atoms with E-state index in [1.54, 1.807) is 0 Å². The van der Waals surface area contributed by atoms with Crippen molar-refractivity contribution >= 4 is 0 Å². The number of hydrogen-bond acceptors (Lipinski definition) is 5. The Labute approximate surface area is 82.3 Å². The fourth-order valence-electron chi connectivity index (χ4n) is 1.28. The highest BCUT2D eigenvalue weighted by molar-refractivity contribution is 5.03. The summed E-state index contributed by atoms with van der Waals surface area (Å²) in [6.45, 7) is 0.00359. The monoisotopic (exact) mass is 197 g/mol. The zero-order valence-corrected chi connectivity index (χ0v) is 8.02. The van der Waals surface area contributed by atoms with Crippen molar-refractivity contribution in [3.63, 3.8) is 0 Å². The minimum Gasteiger partial charge on any atom is -0.395 e. The molecule has 0 unspecified atom stereocenters. The van der Waals surface area contributed by atoms with Gasteiger partial charge in [-0.05, 0) is 19.3 Å². The van der Waals surface area contributed by atoms with Crippen molar-refractivity contribution < 1.29 is 9.63 Å². The van der Waals surface area contributed by atoms with Crippen molar-refractivity contribution in [2.75, 3.05) is 6.61 Å². The minimum absolute atomic E-state index is 0.00359. The van der Waals surface area contributed by atoms with E-state index in [1.807, 2.05) is 0 Å². The second-order valence-corrected chi connectivity index (χ2v) is 3.80. The first-order chi connectivity index (χ1) is 6.79. The molecule has 0 saturated heterocycles. The van der Waals surface area contributed by atoms with Crippen molar-refractivity contribution in [1.29, 1.82) is 0 Å². The molecule has 14 heavy (non-hydrogen) atoms. The molecule has 3 N–H and O–H groups in total. The standard InChI is InChI=1S/C9H15N3O2/c10-7(5-13)3-4-8-11-9(12-14-8)6-1-2-6/h6-7,13H,1-5,10H2/t7-/m0/s1. The molecule has 1 aromatic rings. The van der Waals surface area contributed by atoms with Crippen LogP contribution in [0.5, 0.6) is 0 Å². The van der Waals surface area contributed by atoms with E-state index >= 15 is 0 Å². The second kappa shape index (κ2) is 4.06. The molecule has 0 aromatic carbocycles. The predicted molar refractivity (Wildman–Crippen MR) is 49.7 cm³/mol. The first kappa shape index (κ1) is 9.61. The maximum absolute atomic E-state index is 8.72. The summed E-state index contributed by atoms with van der Waals surface area (Å²) in [6.07, 6.45) is 3.69. The van der Waals surface area contributed by atoms with Crippen LogP contribution in [0.25, 0.3) is 0 Å². The lowest BCUT2D eigenvalue weighted by Gasteiger charge is -2.03. The third-order valence-electron chi connectivity index (χ3n) is 2.39. The van der Waals surface area contributed by atoms with Crippen molar-refractivity contribution in [3.8, 4) is 0 Å². The van der Waals surface area contributed by atoms with E-state index in [1.165, 1.54) is 12.8 Å². The van der Waals surface area contributed by atoms with Gasteiger partial charge in [0.25, 0.3) is 0 Å². The molecule has 1 fully saturated rings. The fraction of sp³-hybridized carbons (Fsp3) is 0.778. The van der Waals surface area contributed by atoms with Crippen LogP contribution in [0, 0.1) is 0 Å². The number of rotatable bonds is 5. The van der Waals surface area contributed by atoms with Crippen LogP contribution in [-0.2, 0) is 6.42 Å². The van der Waals surface area contributed by atoms with Gasteiger partial charge in [0.05, 0.1) is 6.61 Å². The summed E-state index contributed by atoms with van der Waals surface area (Å²) >= 11 is 0. The van der Waals surface area contributed by atoms with Gasteiger partial charge in [-0.3, -0.25) is 0 Å². The Morgan fingerprint density at radius 2 is 2.36 bits per heavy atom. The highest BCUT2D eigenvalue weighted by Crippen LogP contribution is 2.38. The number of aromatic nitrogens is 2. The molecule has 1 aromatic heterocycles. The van der Waals surface area contributed by atoms with Crippen molar-refractivity contribution in [3.05, 3.63) is 11.7 Å². The molecule has 5 nitrogen and oxygen atoms in total. The summed E-state index contributed by atoms with van der Waals surface area (Å²) in [4.78, 5) is 4.26. The molecule has 1 aliphatic rings. The first-order valence-corrected chi connectivity index (χ1v) is 4.98. The maximum Gasteiger partial charge on any atom is 0.226 e. The lowest BCUT2D eigenvalue weighted by atomic mass is 10.2. The second-order valence-electron chi connectivity index (χ2n) is 3.80. The van der Waals surface area contributed by atoms with Crippen LogP contribution in [0.2, 0.25) is 0 Å². The van der Waals surface area contributed by atoms with Crippen LogP contribution < -0.4 is 5.73 Å². The average Bonchev–Trinajstić information content (AvgIpc) is 2.95. The Hall–Kier alpha value is -0.940. The maximum atomic E-state index is 8.72. The Balaban J connectivity index is 1.83. The summed E-state index contributed by atoms with van der Waals surface area (Å²) in [5.41, 5.74) is 5.56. The van der Waals surface area contributed by atoms with Gasteiger partial charge < -0.3 is 15.4 Å². The Morgan fingerprint density at radius 3 is 3.00 bits per heavy atom. The van der Waals surface area contributed by atoms with Gasteiger partial charge in [-0.2, -0.15) is 4.98 Å². The van der Waals surface area contributed by atoms with Crippen LogP contribution in [0.15, 0.2) is 4.52 Å². The van der Waals surface area contributed by atoms with E-state index in [0.717, 1.165) is 5.82 Å². The van der Waals surface area contributed by atoms with E-state index < -0.39 is 0 Å². The summed E-state index contributed by atoms with van der Waals surface area (Å²) in [5, 5.41) is 12.6. The molecule has 1 heterocycles. The third kappa shape index (κ3) is 2.30. The largest absolute Gasteiger partial charge is 0.395 e. The predicted octanol–water partition coefficient (Wildman–Crippen LogP) is 0.199. The molecule has 1 atom stereocenters. The highest BCUT2D eigenvalue weighted by atomic mass is 16.5. The molecule has 1 aliphatic carbocycles. The molecule has 78 valence electrons. The minimum atomic E-state index is -0.189. The van der Waals surface area contributed by atoms with Crippen LogP contribution in [0.4, 0.5) is 0 Å². The molecule has 0 bridgehead atoms.